The summed E-state index contributed by atoms with van der Waals surface area (Å²) < 4.78 is 5.01. The molecule has 1 amide bonds. The SMILES string of the molecule is C#CC(C)NC(=O)COCCC. The molecule has 0 saturated heterocycles. The third kappa shape index (κ3) is 5.75. The zero-order valence-corrected chi connectivity index (χ0v) is 7.59. The molecule has 0 saturated carbocycles. The number of carbonyl (C=O) groups is 1. The van der Waals surface area contributed by atoms with Crippen LogP contribution in [0.25, 0.3) is 0 Å². The third-order valence-electron chi connectivity index (χ3n) is 1.21. The predicted octanol–water partition coefficient (Wildman–Crippen LogP) is 0.551. The van der Waals surface area contributed by atoms with E-state index in [0.29, 0.717) is 6.61 Å². The lowest BCUT2D eigenvalue weighted by Crippen LogP contribution is -2.34. The quantitative estimate of drug-likeness (QED) is 0.482. The molecule has 0 aromatic rings. The van der Waals surface area contributed by atoms with Crippen LogP contribution < -0.4 is 5.32 Å². The summed E-state index contributed by atoms with van der Waals surface area (Å²) in [7, 11) is 0. The van der Waals surface area contributed by atoms with Crippen LogP contribution >= 0.6 is 0 Å². The van der Waals surface area contributed by atoms with Gasteiger partial charge in [-0.15, -0.1) is 6.42 Å². The first kappa shape index (κ1) is 11.0. The fraction of sp³-hybridized carbons (Fsp3) is 0.667. The van der Waals surface area contributed by atoms with Crippen molar-refractivity contribution in [3.05, 3.63) is 0 Å². The largest absolute Gasteiger partial charge is 0.372 e. The van der Waals surface area contributed by atoms with Crippen molar-refractivity contribution in [3.63, 3.8) is 0 Å². The monoisotopic (exact) mass is 169 g/mol. The van der Waals surface area contributed by atoms with E-state index in [1.54, 1.807) is 6.92 Å². The summed E-state index contributed by atoms with van der Waals surface area (Å²) in [6.45, 7) is 4.44. The number of hydrogen-bond donors (Lipinski definition) is 1. The van der Waals surface area contributed by atoms with E-state index in [-0.39, 0.29) is 18.6 Å². The molecule has 0 heterocycles. The van der Waals surface area contributed by atoms with Crippen LogP contribution in [0.2, 0.25) is 0 Å². The normalized spacial score (nSPS) is 11.8. The average molecular weight is 169 g/mol. The van der Waals surface area contributed by atoms with Gasteiger partial charge < -0.3 is 10.1 Å². The Balaban J connectivity index is 3.41. The van der Waals surface area contributed by atoms with Crippen molar-refractivity contribution in [1.82, 2.24) is 5.32 Å². The molecule has 3 heteroatoms. The van der Waals surface area contributed by atoms with E-state index >= 15 is 0 Å². The first-order valence-electron chi connectivity index (χ1n) is 4.04. The molecular weight excluding hydrogens is 154 g/mol. The Hall–Kier alpha value is -1.01. The smallest absolute Gasteiger partial charge is 0.246 e. The highest BCUT2D eigenvalue weighted by atomic mass is 16.5. The van der Waals surface area contributed by atoms with Crippen LogP contribution in [-0.2, 0) is 9.53 Å². The summed E-state index contributed by atoms with van der Waals surface area (Å²) in [5, 5.41) is 2.59. The molecule has 0 rings (SSSR count). The van der Waals surface area contributed by atoms with Gasteiger partial charge in [0.05, 0.1) is 6.04 Å². The molecule has 0 aliphatic heterocycles. The lowest BCUT2D eigenvalue weighted by molar-refractivity contribution is -0.125. The summed E-state index contributed by atoms with van der Waals surface area (Å²) >= 11 is 0. The van der Waals surface area contributed by atoms with Gasteiger partial charge in [-0.2, -0.15) is 0 Å². The average Bonchev–Trinajstić information content (AvgIpc) is 2.05. The molecule has 3 nitrogen and oxygen atoms in total. The molecule has 0 fully saturated rings. The van der Waals surface area contributed by atoms with E-state index in [2.05, 4.69) is 11.2 Å². The Bertz CT molecular complexity index is 172. The Morgan fingerprint density at radius 2 is 2.42 bits per heavy atom. The van der Waals surface area contributed by atoms with Gasteiger partial charge >= 0.3 is 0 Å². The van der Waals surface area contributed by atoms with E-state index in [1.807, 2.05) is 6.92 Å². The number of amides is 1. The van der Waals surface area contributed by atoms with Gasteiger partial charge in [-0.25, -0.2) is 0 Å². The molecule has 1 unspecified atom stereocenters. The van der Waals surface area contributed by atoms with E-state index in [4.69, 9.17) is 11.2 Å². The highest BCUT2D eigenvalue weighted by Crippen LogP contribution is 1.82. The molecule has 0 aliphatic carbocycles. The van der Waals surface area contributed by atoms with Gasteiger partial charge in [-0.3, -0.25) is 4.79 Å². The highest BCUT2D eigenvalue weighted by molar-refractivity contribution is 5.77. The molecule has 0 radical (unpaired) electrons. The molecule has 1 N–H and O–H groups in total. The molecule has 1 atom stereocenters. The Morgan fingerprint density at radius 3 is 2.92 bits per heavy atom. The van der Waals surface area contributed by atoms with Crippen LogP contribution in [0.4, 0.5) is 0 Å². The molecule has 0 aromatic carbocycles. The lowest BCUT2D eigenvalue weighted by atomic mass is 10.3. The van der Waals surface area contributed by atoms with E-state index in [9.17, 15) is 4.79 Å². The predicted molar refractivity (Wildman–Crippen MR) is 47.5 cm³/mol. The van der Waals surface area contributed by atoms with Crippen LogP contribution in [0.15, 0.2) is 0 Å². The maximum absolute atomic E-state index is 11.0. The Labute approximate surface area is 73.5 Å². The summed E-state index contributed by atoms with van der Waals surface area (Å²) in [5.74, 6) is 2.24. The van der Waals surface area contributed by atoms with Gasteiger partial charge in [0.25, 0.3) is 0 Å². The van der Waals surface area contributed by atoms with Crippen molar-refractivity contribution in [2.24, 2.45) is 0 Å². The summed E-state index contributed by atoms with van der Waals surface area (Å²) in [6.07, 6.45) is 5.98. The van der Waals surface area contributed by atoms with E-state index in [1.165, 1.54) is 0 Å². The highest BCUT2D eigenvalue weighted by Gasteiger charge is 2.03. The zero-order chi connectivity index (χ0) is 9.40. The van der Waals surface area contributed by atoms with Crippen molar-refractivity contribution in [2.45, 2.75) is 26.3 Å². The summed E-state index contributed by atoms with van der Waals surface area (Å²) in [5.41, 5.74) is 0. The van der Waals surface area contributed by atoms with Crippen LogP contribution in [0, 0.1) is 12.3 Å². The molecule has 68 valence electrons. The fourth-order valence-electron chi connectivity index (χ4n) is 0.634. The number of nitrogens with one attached hydrogen (secondary N) is 1. The molecule has 0 spiro atoms. The van der Waals surface area contributed by atoms with Gasteiger partial charge in [0, 0.05) is 6.61 Å². The fourth-order valence-corrected chi connectivity index (χ4v) is 0.634. The first-order chi connectivity index (χ1) is 5.70. The van der Waals surface area contributed by atoms with Crippen LogP contribution in [0.1, 0.15) is 20.3 Å². The van der Waals surface area contributed by atoms with E-state index in [0.717, 1.165) is 6.42 Å². The second kappa shape index (κ2) is 6.68. The topological polar surface area (TPSA) is 38.3 Å². The minimum Gasteiger partial charge on any atom is -0.372 e. The molecule has 0 bridgehead atoms. The molecule has 0 aliphatic rings. The number of carbonyl (C=O) groups excluding carboxylic acids is 1. The van der Waals surface area contributed by atoms with Crippen molar-refractivity contribution < 1.29 is 9.53 Å². The first-order valence-corrected chi connectivity index (χ1v) is 4.04. The number of rotatable bonds is 5. The van der Waals surface area contributed by atoms with E-state index < -0.39 is 0 Å². The second-order valence-corrected chi connectivity index (χ2v) is 2.51. The van der Waals surface area contributed by atoms with Crippen molar-refractivity contribution in [3.8, 4) is 12.3 Å². The Morgan fingerprint density at radius 1 is 1.75 bits per heavy atom. The minimum atomic E-state index is -0.220. The summed E-state index contributed by atoms with van der Waals surface area (Å²) in [4.78, 5) is 11.0. The molecule has 12 heavy (non-hydrogen) atoms. The van der Waals surface area contributed by atoms with Crippen molar-refractivity contribution in [1.29, 1.82) is 0 Å². The standard InChI is InChI=1S/C9H15NO2/c1-4-6-12-7-9(11)10-8(3)5-2/h2,8H,4,6-7H2,1,3H3,(H,10,11). The van der Waals surface area contributed by atoms with Crippen LogP contribution in [0.3, 0.4) is 0 Å². The number of terminal acetylenes is 1. The van der Waals surface area contributed by atoms with Gasteiger partial charge in [-0.1, -0.05) is 12.8 Å². The van der Waals surface area contributed by atoms with Crippen LogP contribution in [0.5, 0.6) is 0 Å². The molecule has 0 aromatic heterocycles. The lowest BCUT2D eigenvalue weighted by Gasteiger charge is -2.07. The Kier molecular flexibility index (Phi) is 6.12. The number of hydrogen-bond acceptors (Lipinski definition) is 2. The van der Waals surface area contributed by atoms with Gasteiger partial charge in [0.2, 0.25) is 5.91 Å². The maximum Gasteiger partial charge on any atom is 0.246 e. The zero-order valence-electron chi connectivity index (χ0n) is 7.59. The van der Waals surface area contributed by atoms with Gasteiger partial charge in [0.1, 0.15) is 6.61 Å². The second-order valence-electron chi connectivity index (χ2n) is 2.51. The number of ether oxygens (including phenoxy) is 1. The maximum atomic E-state index is 11.0. The summed E-state index contributed by atoms with van der Waals surface area (Å²) in [6, 6.07) is -0.220. The minimum absolute atomic E-state index is 0.0971. The van der Waals surface area contributed by atoms with Crippen LogP contribution in [-0.4, -0.2) is 25.2 Å². The van der Waals surface area contributed by atoms with Crippen molar-refractivity contribution in [2.75, 3.05) is 13.2 Å². The van der Waals surface area contributed by atoms with Crippen molar-refractivity contribution >= 4 is 5.91 Å². The van der Waals surface area contributed by atoms with Gasteiger partial charge in [0.15, 0.2) is 0 Å². The van der Waals surface area contributed by atoms with Gasteiger partial charge in [-0.05, 0) is 13.3 Å². The third-order valence-corrected chi connectivity index (χ3v) is 1.21. The molecular formula is C9H15NO2.